The average Bonchev–Trinajstić information content (AvgIpc) is 2.54. The van der Waals surface area contributed by atoms with Crippen LogP contribution in [0.25, 0.3) is 0 Å². The molecule has 0 spiro atoms. The number of ether oxygens (including phenoxy) is 1. The highest BCUT2D eigenvalue weighted by Crippen LogP contribution is 2.23. The fourth-order valence-corrected chi connectivity index (χ4v) is 4.63. The molecular weight excluding hydrogens is 354 g/mol. The largest absolute Gasteiger partial charge is 0.381 e. The van der Waals surface area contributed by atoms with E-state index in [1.807, 2.05) is 0 Å². The van der Waals surface area contributed by atoms with Crippen molar-refractivity contribution >= 4 is 21.6 Å². The minimum absolute atomic E-state index is 0.0694. The van der Waals surface area contributed by atoms with Crippen molar-refractivity contribution in [3.05, 3.63) is 23.8 Å². The molecule has 1 heterocycles. The van der Waals surface area contributed by atoms with Crippen LogP contribution >= 0.6 is 0 Å². The zero-order valence-corrected chi connectivity index (χ0v) is 16.7. The van der Waals surface area contributed by atoms with E-state index < -0.39 is 21.6 Å². The van der Waals surface area contributed by atoms with Gasteiger partial charge < -0.3 is 15.8 Å². The molecule has 0 aliphatic carbocycles. The molecule has 26 heavy (non-hydrogen) atoms. The van der Waals surface area contributed by atoms with Gasteiger partial charge in [0.1, 0.15) is 0 Å². The fourth-order valence-electron chi connectivity index (χ4n) is 2.94. The second-order valence-corrected chi connectivity index (χ2v) is 9.45. The van der Waals surface area contributed by atoms with Gasteiger partial charge in [-0.2, -0.15) is 0 Å². The van der Waals surface area contributed by atoms with E-state index in [1.54, 1.807) is 39.8 Å². The summed E-state index contributed by atoms with van der Waals surface area (Å²) in [5.74, 6) is -0.243. The number of benzene rings is 1. The molecule has 0 bridgehead atoms. The van der Waals surface area contributed by atoms with Crippen molar-refractivity contribution in [2.75, 3.05) is 18.5 Å². The summed E-state index contributed by atoms with van der Waals surface area (Å²) >= 11 is 0. The molecule has 0 aromatic heterocycles. The third-order valence-electron chi connectivity index (χ3n) is 4.26. The summed E-state index contributed by atoms with van der Waals surface area (Å²) in [6, 6.07) is 4.18. The Labute approximate surface area is 155 Å². The van der Waals surface area contributed by atoms with Gasteiger partial charge in [-0.15, -0.1) is 0 Å². The topological polar surface area (TPSA) is 111 Å². The molecule has 4 N–H and O–H groups in total. The van der Waals surface area contributed by atoms with Crippen molar-refractivity contribution in [1.82, 2.24) is 4.72 Å². The Morgan fingerprint density at radius 3 is 2.46 bits per heavy atom. The third kappa shape index (κ3) is 5.51. The summed E-state index contributed by atoms with van der Waals surface area (Å²) < 4.78 is 33.2. The monoisotopic (exact) mass is 383 g/mol. The maximum Gasteiger partial charge on any atom is 0.241 e. The Kier molecular flexibility index (Phi) is 6.44. The normalized spacial score (nSPS) is 17.7. The number of nitrogens with two attached hydrogens (primary N) is 1. The summed E-state index contributed by atoms with van der Waals surface area (Å²) in [6.07, 6.45) is 1.50. The molecule has 1 aliphatic heterocycles. The predicted octanol–water partition coefficient (Wildman–Crippen LogP) is 1.76. The lowest BCUT2D eigenvalue weighted by atomic mass is 9.92. The van der Waals surface area contributed by atoms with Crippen LogP contribution in [0.3, 0.4) is 0 Å². The number of hydrogen-bond donors (Lipinski definition) is 3. The summed E-state index contributed by atoms with van der Waals surface area (Å²) in [7, 11) is -3.70. The number of anilines is 1. The fraction of sp³-hybridized carbons (Fsp3) is 0.611. The van der Waals surface area contributed by atoms with Crippen LogP contribution in [-0.4, -0.2) is 39.1 Å². The van der Waals surface area contributed by atoms with E-state index in [4.69, 9.17) is 10.5 Å². The van der Waals surface area contributed by atoms with Crippen LogP contribution < -0.4 is 15.8 Å². The number of sulfonamides is 1. The Hall–Kier alpha value is -1.48. The molecule has 1 aliphatic rings. The summed E-state index contributed by atoms with van der Waals surface area (Å²) in [5.41, 5.74) is 6.50. The first-order valence-corrected chi connectivity index (χ1v) is 10.3. The van der Waals surface area contributed by atoms with Crippen molar-refractivity contribution in [3.8, 4) is 0 Å². The highest BCUT2D eigenvalue weighted by atomic mass is 32.2. The van der Waals surface area contributed by atoms with Gasteiger partial charge in [-0.3, -0.25) is 4.79 Å². The highest BCUT2D eigenvalue weighted by Gasteiger charge is 2.28. The highest BCUT2D eigenvalue weighted by molar-refractivity contribution is 7.89. The molecule has 1 aromatic carbocycles. The Morgan fingerprint density at radius 1 is 1.27 bits per heavy atom. The number of carbonyl (C=O) groups is 1. The minimum Gasteiger partial charge on any atom is -0.381 e. The molecule has 0 radical (unpaired) electrons. The second kappa shape index (κ2) is 8.04. The Bertz CT molecular complexity index is 750. The van der Waals surface area contributed by atoms with Crippen LogP contribution in [0.4, 0.5) is 5.69 Å². The molecule has 8 heteroatoms. The van der Waals surface area contributed by atoms with Crippen LogP contribution in [0.2, 0.25) is 0 Å². The summed E-state index contributed by atoms with van der Waals surface area (Å²) in [5, 5.41) is 2.74. The van der Waals surface area contributed by atoms with Crippen molar-refractivity contribution in [3.63, 3.8) is 0 Å². The molecule has 1 aromatic rings. The van der Waals surface area contributed by atoms with Gasteiger partial charge in [0.2, 0.25) is 15.9 Å². The van der Waals surface area contributed by atoms with E-state index in [9.17, 15) is 13.2 Å². The first-order valence-electron chi connectivity index (χ1n) is 8.78. The Balaban J connectivity index is 2.17. The standard InChI is InChI=1S/C18H29N3O4S/c1-12-5-6-14(11-15(12)26(23,24)21-18(2,3)4)20-17(22)16(19)13-7-9-25-10-8-13/h5-6,11,13,16,21H,7-10,19H2,1-4H3,(H,20,22). The van der Waals surface area contributed by atoms with Crippen molar-refractivity contribution in [2.45, 2.75) is 57.0 Å². The van der Waals surface area contributed by atoms with Gasteiger partial charge in [-0.25, -0.2) is 13.1 Å². The molecule has 1 amide bonds. The second-order valence-electron chi connectivity index (χ2n) is 7.80. The van der Waals surface area contributed by atoms with E-state index >= 15 is 0 Å². The van der Waals surface area contributed by atoms with Crippen molar-refractivity contribution in [1.29, 1.82) is 0 Å². The SMILES string of the molecule is Cc1ccc(NC(=O)C(N)C2CCOCC2)cc1S(=O)(=O)NC(C)(C)C. The van der Waals surface area contributed by atoms with Crippen LogP contribution in [-0.2, 0) is 19.6 Å². The quantitative estimate of drug-likeness (QED) is 0.718. The van der Waals surface area contributed by atoms with Crippen LogP contribution in [0, 0.1) is 12.8 Å². The van der Waals surface area contributed by atoms with Crippen molar-refractivity contribution < 1.29 is 17.9 Å². The number of nitrogens with one attached hydrogen (secondary N) is 2. The smallest absolute Gasteiger partial charge is 0.241 e. The number of hydrogen-bond acceptors (Lipinski definition) is 5. The van der Waals surface area contributed by atoms with Gasteiger partial charge in [0.15, 0.2) is 0 Å². The molecule has 7 nitrogen and oxygen atoms in total. The first-order chi connectivity index (χ1) is 12.0. The molecule has 146 valence electrons. The zero-order chi connectivity index (χ0) is 19.5. The lowest BCUT2D eigenvalue weighted by Crippen LogP contribution is -2.44. The van der Waals surface area contributed by atoms with Gasteiger partial charge in [0.05, 0.1) is 10.9 Å². The average molecular weight is 384 g/mol. The van der Waals surface area contributed by atoms with Gasteiger partial charge >= 0.3 is 0 Å². The van der Waals surface area contributed by atoms with Gasteiger partial charge in [0, 0.05) is 24.4 Å². The molecule has 1 atom stereocenters. The number of rotatable bonds is 5. The summed E-state index contributed by atoms with van der Waals surface area (Å²) in [4.78, 5) is 12.6. The van der Waals surface area contributed by atoms with Crippen LogP contribution in [0.15, 0.2) is 23.1 Å². The molecule has 2 rings (SSSR count). The van der Waals surface area contributed by atoms with E-state index in [2.05, 4.69) is 10.0 Å². The summed E-state index contributed by atoms with van der Waals surface area (Å²) in [6.45, 7) is 8.26. The number of carbonyl (C=O) groups excluding carboxylic acids is 1. The minimum atomic E-state index is -3.70. The molecule has 0 saturated carbocycles. The lowest BCUT2D eigenvalue weighted by molar-refractivity contribution is -0.119. The predicted molar refractivity (Wildman–Crippen MR) is 101 cm³/mol. The van der Waals surface area contributed by atoms with E-state index in [-0.39, 0.29) is 16.7 Å². The molecule has 1 saturated heterocycles. The van der Waals surface area contributed by atoms with E-state index in [0.29, 0.717) is 24.5 Å². The lowest BCUT2D eigenvalue weighted by Gasteiger charge is -2.27. The van der Waals surface area contributed by atoms with Gasteiger partial charge in [0.25, 0.3) is 0 Å². The number of aryl methyl sites for hydroxylation is 1. The zero-order valence-electron chi connectivity index (χ0n) is 15.8. The third-order valence-corrected chi connectivity index (χ3v) is 6.16. The van der Waals surface area contributed by atoms with Gasteiger partial charge in [-0.1, -0.05) is 6.07 Å². The Morgan fingerprint density at radius 2 is 1.88 bits per heavy atom. The van der Waals surface area contributed by atoms with Crippen LogP contribution in [0.5, 0.6) is 0 Å². The molecular formula is C18H29N3O4S. The number of amides is 1. The van der Waals surface area contributed by atoms with Crippen LogP contribution in [0.1, 0.15) is 39.2 Å². The maximum atomic E-state index is 12.6. The first kappa shape index (κ1) is 20.8. The van der Waals surface area contributed by atoms with E-state index in [0.717, 1.165) is 12.8 Å². The van der Waals surface area contributed by atoms with Gasteiger partial charge in [-0.05, 0) is 64.2 Å². The maximum absolute atomic E-state index is 12.6. The molecule has 1 fully saturated rings. The molecule has 1 unspecified atom stereocenters. The van der Waals surface area contributed by atoms with Crippen molar-refractivity contribution in [2.24, 2.45) is 11.7 Å². The van der Waals surface area contributed by atoms with E-state index in [1.165, 1.54) is 6.07 Å².